The Morgan fingerprint density at radius 2 is 1.94 bits per heavy atom. The topological polar surface area (TPSA) is 32.3 Å². The van der Waals surface area contributed by atoms with Gasteiger partial charge in [0.25, 0.3) is 5.91 Å². The SMILES string of the molecule is CN(C(=O)c1ccc2c(c1)CNC2)C1CCCC1. The van der Waals surface area contributed by atoms with Crippen LogP contribution in [0.2, 0.25) is 0 Å². The summed E-state index contributed by atoms with van der Waals surface area (Å²) in [5.41, 5.74) is 3.45. The molecule has 1 amide bonds. The highest BCUT2D eigenvalue weighted by molar-refractivity contribution is 5.94. The first-order chi connectivity index (χ1) is 8.75. The van der Waals surface area contributed by atoms with Crippen LogP contribution in [0.25, 0.3) is 0 Å². The van der Waals surface area contributed by atoms with Crippen LogP contribution in [0.1, 0.15) is 47.2 Å². The quantitative estimate of drug-likeness (QED) is 0.865. The molecule has 1 aromatic rings. The molecule has 1 heterocycles. The summed E-state index contributed by atoms with van der Waals surface area (Å²) < 4.78 is 0. The Kier molecular flexibility index (Phi) is 3.08. The zero-order valence-electron chi connectivity index (χ0n) is 10.9. The summed E-state index contributed by atoms with van der Waals surface area (Å²) in [6, 6.07) is 6.57. The predicted octanol–water partition coefficient (Wildman–Crippen LogP) is 2.30. The molecular formula is C15H20N2O. The van der Waals surface area contributed by atoms with Crippen LogP contribution in [-0.2, 0) is 13.1 Å². The summed E-state index contributed by atoms with van der Waals surface area (Å²) in [7, 11) is 1.95. The van der Waals surface area contributed by atoms with Crippen LogP contribution in [0.5, 0.6) is 0 Å². The maximum atomic E-state index is 12.4. The van der Waals surface area contributed by atoms with E-state index in [0.29, 0.717) is 6.04 Å². The Labute approximate surface area is 108 Å². The van der Waals surface area contributed by atoms with Gasteiger partial charge in [-0.05, 0) is 36.1 Å². The standard InChI is InChI=1S/C15H20N2O/c1-17(14-4-2-3-5-14)15(18)11-6-7-12-9-16-10-13(12)8-11/h6-8,14,16H,2-5,9-10H2,1H3. The van der Waals surface area contributed by atoms with E-state index in [9.17, 15) is 4.79 Å². The Bertz CT molecular complexity index is 464. The van der Waals surface area contributed by atoms with E-state index in [0.717, 1.165) is 31.5 Å². The lowest BCUT2D eigenvalue weighted by molar-refractivity contribution is 0.0735. The van der Waals surface area contributed by atoms with Crippen molar-refractivity contribution in [3.63, 3.8) is 0 Å². The molecule has 1 aliphatic carbocycles. The van der Waals surface area contributed by atoms with Gasteiger partial charge in [-0.2, -0.15) is 0 Å². The van der Waals surface area contributed by atoms with Crippen LogP contribution < -0.4 is 5.32 Å². The zero-order valence-corrected chi connectivity index (χ0v) is 10.9. The molecule has 3 rings (SSSR count). The molecule has 0 bridgehead atoms. The van der Waals surface area contributed by atoms with E-state index in [1.807, 2.05) is 18.0 Å². The van der Waals surface area contributed by atoms with E-state index in [2.05, 4.69) is 17.4 Å². The average molecular weight is 244 g/mol. The van der Waals surface area contributed by atoms with Crippen molar-refractivity contribution in [2.45, 2.75) is 44.8 Å². The monoisotopic (exact) mass is 244 g/mol. The molecule has 1 N–H and O–H groups in total. The second-order valence-electron chi connectivity index (χ2n) is 5.44. The molecule has 1 fully saturated rings. The van der Waals surface area contributed by atoms with Crippen molar-refractivity contribution in [3.8, 4) is 0 Å². The molecule has 18 heavy (non-hydrogen) atoms. The van der Waals surface area contributed by atoms with Gasteiger partial charge in [-0.25, -0.2) is 0 Å². The first-order valence-corrected chi connectivity index (χ1v) is 6.85. The lowest BCUT2D eigenvalue weighted by Crippen LogP contribution is -2.35. The van der Waals surface area contributed by atoms with Gasteiger partial charge in [0.05, 0.1) is 0 Å². The molecule has 3 heteroatoms. The van der Waals surface area contributed by atoms with E-state index in [1.165, 1.54) is 24.0 Å². The molecule has 1 aromatic carbocycles. The second-order valence-corrected chi connectivity index (χ2v) is 5.44. The van der Waals surface area contributed by atoms with Gasteiger partial charge >= 0.3 is 0 Å². The third kappa shape index (κ3) is 2.03. The minimum absolute atomic E-state index is 0.177. The fourth-order valence-electron chi connectivity index (χ4n) is 3.09. The van der Waals surface area contributed by atoms with Crippen molar-refractivity contribution < 1.29 is 4.79 Å². The molecule has 0 unspecified atom stereocenters. The number of nitrogens with zero attached hydrogens (tertiary/aromatic N) is 1. The van der Waals surface area contributed by atoms with Crippen molar-refractivity contribution in [3.05, 3.63) is 34.9 Å². The van der Waals surface area contributed by atoms with Crippen LogP contribution in [-0.4, -0.2) is 23.9 Å². The van der Waals surface area contributed by atoms with Gasteiger partial charge in [0.15, 0.2) is 0 Å². The van der Waals surface area contributed by atoms with E-state index < -0.39 is 0 Å². The highest BCUT2D eigenvalue weighted by Crippen LogP contribution is 2.24. The van der Waals surface area contributed by atoms with E-state index in [1.54, 1.807) is 0 Å². The van der Waals surface area contributed by atoms with Crippen LogP contribution in [0, 0.1) is 0 Å². The summed E-state index contributed by atoms with van der Waals surface area (Å²) in [5.74, 6) is 0.177. The molecular weight excluding hydrogens is 224 g/mol. The van der Waals surface area contributed by atoms with Crippen LogP contribution >= 0.6 is 0 Å². The van der Waals surface area contributed by atoms with Crippen LogP contribution in [0.3, 0.4) is 0 Å². The van der Waals surface area contributed by atoms with E-state index in [-0.39, 0.29) is 5.91 Å². The van der Waals surface area contributed by atoms with E-state index in [4.69, 9.17) is 0 Å². The second kappa shape index (κ2) is 4.73. The number of amides is 1. The molecule has 1 saturated carbocycles. The number of fused-ring (bicyclic) bond motifs is 1. The number of hydrogen-bond acceptors (Lipinski definition) is 2. The highest BCUT2D eigenvalue weighted by Gasteiger charge is 2.24. The third-order valence-electron chi connectivity index (χ3n) is 4.28. The van der Waals surface area contributed by atoms with Gasteiger partial charge in [0.1, 0.15) is 0 Å². The number of carbonyl (C=O) groups excluding carboxylic acids is 1. The summed E-state index contributed by atoms with van der Waals surface area (Å²) in [5, 5.41) is 3.31. The molecule has 0 aromatic heterocycles. The van der Waals surface area contributed by atoms with Gasteiger partial charge < -0.3 is 10.2 Å². The summed E-state index contributed by atoms with van der Waals surface area (Å²) in [4.78, 5) is 14.4. The Morgan fingerprint density at radius 1 is 1.22 bits per heavy atom. The van der Waals surface area contributed by atoms with Crippen molar-refractivity contribution in [2.24, 2.45) is 0 Å². The van der Waals surface area contributed by atoms with Crippen LogP contribution in [0.4, 0.5) is 0 Å². The molecule has 0 radical (unpaired) electrons. The molecule has 0 atom stereocenters. The summed E-state index contributed by atoms with van der Waals surface area (Å²) >= 11 is 0. The first kappa shape index (κ1) is 11.7. The zero-order chi connectivity index (χ0) is 12.5. The Morgan fingerprint density at radius 3 is 2.72 bits per heavy atom. The minimum Gasteiger partial charge on any atom is -0.339 e. The summed E-state index contributed by atoms with van der Waals surface area (Å²) in [6.45, 7) is 1.83. The van der Waals surface area contributed by atoms with Gasteiger partial charge in [-0.1, -0.05) is 18.9 Å². The normalized spacial score (nSPS) is 18.9. The van der Waals surface area contributed by atoms with E-state index >= 15 is 0 Å². The van der Waals surface area contributed by atoms with Gasteiger partial charge in [0.2, 0.25) is 0 Å². The molecule has 3 nitrogen and oxygen atoms in total. The van der Waals surface area contributed by atoms with Crippen molar-refractivity contribution in [1.29, 1.82) is 0 Å². The lowest BCUT2D eigenvalue weighted by Gasteiger charge is -2.24. The molecule has 0 saturated heterocycles. The number of nitrogens with one attached hydrogen (secondary N) is 1. The minimum atomic E-state index is 0.177. The average Bonchev–Trinajstić information content (AvgIpc) is 3.06. The highest BCUT2D eigenvalue weighted by atomic mass is 16.2. The fraction of sp³-hybridized carbons (Fsp3) is 0.533. The maximum absolute atomic E-state index is 12.4. The van der Waals surface area contributed by atoms with Gasteiger partial charge in [-0.15, -0.1) is 0 Å². The third-order valence-corrected chi connectivity index (χ3v) is 4.28. The van der Waals surface area contributed by atoms with Crippen molar-refractivity contribution in [1.82, 2.24) is 10.2 Å². The number of carbonyl (C=O) groups is 1. The molecule has 96 valence electrons. The van der Waals surface area contributed by atoms with Crippen molar-refractivity contribution >= 4 is 5.91 Å². The number of rotatable bonds is 2. The lowest BCUT2D eigenvalue weighted by atomic mass is 10.0. The first-order valence-electron chi connectivity index (χ1n) is 6.85. The Hall–Kier alpha value is -1.35. The largest absolute Gasteiger partial charge is 0.339 e. The van der Waals surface area contributed by atoms with Crippen molar-refractivity contribution in [2.75, 3.05) is 7.05 Å². The number of benzene rings is 1. The summed E-state index contributed by atoms with van der Waals surface area (Å²) in [6.07, 6.45) is 4.84. The fourth-order valence-corrected chi connectivity index (χ4v) is 3.09. The molecule has 1 aliphatic heterocycles. The smallest absolute Gasteiger partial charge is 0.253 e. The maximum Gasteiger partial charge on any atom is 0.253 e. The predicted molar refractivity (Wildman–Crippen MR) is 71.3 cm³/mol. The Balaban J connectivity index is 1.79. The van der Waals surface area contributed by atoms with Crippen LogP contribution in [0.15, 0.2) is 18.2 Å². The van der Waals surface area contributed by atoms with Gasteiger partial charge in [-0.3, -0.25) is 4.79 Å². The number of hydrogen-bond donors (Lipinski definition) is 1. The molecule has 0 spiro atoms. The van der Waals surface area contributed by atoms with Gasteiger partial charge in [0, 0.05) is 31.7 Å². The molecule has 2 aliphatic rings.